The number of thiazole rings is 1. The zero-order valence-electron chi connectivity index (χ0n) is 21.0. The van der Waals surface area contributed by atoms with Crippen molar-refractivity contribution in [3.63, 3.8) is 0 Å². The Kier molecular flexibility index (Phi) is 5.80. The molecule has 0 saturated carbocycles. The van der Waals surface area contributed by atoms with Crippen LogP contribution in [-0.4, -0.2) is 42.1 Å². The fraction of sp³-hybridized carbons (Fsp3) is 0.207. The number of nitrogens with zero attached hydrogens (tertiary/aromatic N) is 2. The van der Waals surface area contributed by atoms with E-state index in [1.54, 1.807) is 49.6 Å². The predicted octanol–water partition coefficient (Wildman–Crippen LogP) is 5.32. The standard InChI is InChI=1S/C29H24N2O6S/c1-15-11-16(2)24-22(12-15)38-29(30-24)31-25(17-5-4-6-19(13-17)35-3)23(27(33)28(31)34)26(32)18-7-8-20-21(14-18)37-10-9-36-20/h4-8,11-14,25,32H,9-10H2,1-3H3/t25-/m0/s1. The lowest BCUT2D eigenvalue weighted by molar-refractivity contribution is -0.132. The van der Waals surface area contributed by atoms with Crippen LogP contribution < -0.4 is 19.1 Å². The van der Waals surface area contributed by atoms with Crippen molar-refractivity contribution in [2.45, 2.75) is 19.9 Å². The number of aliphatic hydroxyl groups excluding tert-OH is 1. The normalized spacial score (nSPS) is 18.3. The van der Waals surface area contributed by atoms with Gasteiger partial charge in [0.15, 0.2) is 16.6 Å². The summed E-state index contributed by atoms with van der Waals surface area (Å²) >= 11 is 1.33. The summed E-state index contributed by atoms with van der Waals surface area (Å²) in [5, 5.41) is 11.9. The van der Waals surface area contributed by atoms with Gasteiger partial charge in [0, 0.05) is 5.56 Å². The van der Waals surface area contributed by atoms with Crippen LogP contribution >= 0.6 is 11.3 Å². The highest BCUT2D eigenvalue weighted by Gasteiger charge is 2.48. The van der Waals surface area contributed by atoms with E-state index in [2.05, 4.69) is 0 Å². The second-order valence-corrected chi connectivity index (χ2v) is 10.2. The molecular formula is C29H24N2O6S. The molecule has 2 aliphatic rings. The third-order valence-corrected chi connectivity index (χ3v) is 7.70. The number of hydrogen-bond donors (Lipinski definition) is 1. The molecule has 4 aromatic rings. The largest absolute Gasteiger partial charge is 0.507 e. The molecule has 2 aliphatic heterocycles. The van der Waals surface area contributed by atoms with Gasteiger partial charge in [0.2, 0.25) is 0 Å². The third-order valence-electron chi connectivity index (χ3n) is 6.69. The van der Waals surface area contributed by atoms with Gasteiger partial charge in [-0.2, -0.15) is 0 Å². The van der Waals surface area contributed by atoms with E-state index >= 15 is 0 Å². The second kappa shape index (κ2) is 9.18. The second-order valence-electron chi connectivity index (χ2n) is 9.23. The SMILES string of the molecule is COc1cccc([C@H]2C(=C(O)c3ccc4c(c3)OCCO4)C(=O)C(=O)N2c2nc3c(C)cc(C)cc3s2)c1. The van der Waals surface area contributed by atoms with E-state index in [1.165, 1.54) is 16.2 Å². The predicted molar refractivity (Wildman–Crippen MR) is 144 cm³/mol. The molecule has 1 saturated heterocycles. The van der Waals surface area contributed by atoms with Crippen molar-refractivity contribution in [3.05, 3.63) is 82.4 Å². The lowest BCUT2D eigenvalue weighted by Gasteiger charge is -2.23. The van der Waals surface area contributed by atoms with Crippen molar-refractivity contribution in [1.82, 2.24) is 4.98 Å². The lowest BCUT2D eigenvalue weighted by Crippen LogP contribution is -2.29. The topological polar surface area (TPSA) is 98.2 Å². The van der Waals surface area contributed by atoms with Gasteiger partial charge in [0.1, 0.15) is 24.7 Å². The number of ketones is 1. The molecule has 0 bridgehead atoms. The highest BCUT2D eigenvalue weighted by atomic mass is 32.1. The summed E-state index contributed by atoms with van der Waals surface area (Å²) < 4.78 is 17.6. The number of hydrogen-bond acceptors (Lipinski definition) is 8. The van der Waals surface area contributed by atoms with E-state index in [1.807, 2.05) is 26.0 Å². The molecule has 8 nitrogen and oxygen atoms in total. The molecule has 0 unspecified atom stereocenters. The zero-order valence-corrected chi connectivity index (χ0v) is 21.8. The van der Waals surface area contributed by atoms with Gasteiger partial charge in [-0.05, 0) is 66.9 Å². The van der Waals surface area contributed by atoms with Crippen molar-refractivity contribution in [2.75, 3.05) is 25.2 Å². The summed E-state index contributed by atoms with van der Waals surface area (Å²) in [6.45, 7) is 4.78. The number of aromatic nitrogens is 1. The molecule has 1 atom stereocenters. The Hall–Kier alpha value is -4.37. The number of Topliss-reactive ketones (excluding diaryl/α,β-unsaturated/α-hetero) is 1. The number of anilines is 1. The fourth-order valence-corrected chi connectivity index (χ4v) is 6.13. The number of rotatable bonds is 4. The molecule has 3 aromatic carbocycles. The molecule has 0 aliphatic carbocycles. The third kappa shape index (κ3) is 3.86. The van der Waals surface area contributed by atoms with Crippen LogP contribution in [0.5, 0.6) is 17.2 Å². The first-order valence-electron chi connectivity index (χ1n) is 12.1. The Balaban J connectivity index is 1.56. The smallest absolute Gasteiger partial charge is 0.301 e. The quantitative estimate of drug-likeness (QED) is 0.218. The van der Waals surface area contributed by atoms with Crippen LogP contribution in [0.4, 0.5) is 5.13 Å². The van der Waals surface area contributed by atoms with Gasteiger partial charge < -0.3 is 19.3 Å². The number of fused-ring (bicyclic) bond motifs is 2. The molecule has 1 N–H and O–H groups in total. The van der Waals surface area contributed by atoms with E-state index < -0.39 is 17.7 Å². The van der Waals surface area contributed by atoms with Gasteiger partial charge in [0.25, 0.3) is 5.78 Å². The van der Waals surface area contributed by atoms with Crippen molar-refractivity contribution < 1.29 is 28.9 Å². The Morgan fingerprint density at radius 1 is 1.05 bits per heavy atom. The van der Waals surface area contributed by atoms with Crippen molar-refractivity contribution >= 4 is 44.1 Å². The number of carbonyl (C=O) groups excluding carboxylic acids is 2. The summed E-state index contributed by atoms with van der Waals surface area (Å²) in [5.74, 6) is -0.281. The van der Waals surface area contributed by atoms with Crippen molar-refractivity contribution in [1.29, 1.82) is 0 Å². The van der Waals surface area contributed by atoms with Crippen LogP contribution in [-0.2, 0) is 9.59 Å². The lowest BCUT2D eigenvalue weighted by atomic mass is 9.95. The minimum Gasteiger partial charge on any atom is -0.507 e. The number of carbonyl (C=O) groups is 2. The van der Waals surface area contributed by atoms with Gasteiger partial charge in [-0.15, -0.1) is 0 Å². The van der Waals surface area contributed by atoms with Crippen LogP contribution in [0.2, 0.25) is 0 Å². The molecule has 3 heterocycles. The number of amides is 1. The summed E-state index contributed by atoms with van der Waals surface area (Å²) in [6, 6.07) is 15.2. The monoisotopic (exact) mass is 528 g/mol. The van der Waals surface area contributed by atoms with Gasteiger partial charge in [-0.1, -0.05) is 29.5 Å². The van der Waals surface area contributed by atoms with Crippen LogP contribution in [0.3, 0.4) is 0 Å². The molecule has 1 aromatic heterocycles. The van der Waals surface area contributed by atoms with E-state index in [0.29, 0.717) is 46.7 Å². The van der Waals surface area contributed by atoms with Gasteiger partial charge in [-0.25, -0.2) is 4.98 Å². The fourth-order valence-electron chi connectivity index (χ4n) is 4.96. The highest BCUT2D eigenvalue weighted by Crippen LogP contribution is 2.46. The summed E-state index contributed by atoms with van der Waals surface area (Å²) in [5.41, 5.74) is 3.75. The number of aryl methyl sites for hydroxylation is 2. The molecule has 9 heteroatoms. The van der Waals surface area contributed by atoms with Crippen molar-refractivity contribution in [3.8, 4) is 17.2 Å². The molecular weight excluding hydrogens is 504 g/mol. The van der Waals surface area contributed by atoms with E-state index in [9.17, 15) is 14.7 Å². The molecule has 0 spiro atoms. The first kappa shape index (κ1) is 24.0. The average Bonchev–Trinajstić information content (AvgIpc) is 3.46. The molecule has 192 valence electrons. The van der Waals surface area contributed by atoms with Crippen LogP contribution in [0.15, 0.2) is 60.2 Å². The highest BCUT2D eigenvalue weighted by molar-refractivity contribution is 7.22. The van der Waals surface area contributed by atoms with E-state index in [-0.39, 0.29) is 11.3 Å². The van der Waals surface area contributed by atoms with Crippen LogP contribution in [0, 0.1) is 13.8 Å². The van der Waals surface area contributed by atoms with E-state index in [0.717, 1.165) is 21.3 Å². The number of benzene rings is 3. The molecule has 1 amide bonds. The minimum atomic E-state index is -0.916. The Morgan fingerprint density at radius 3 is 2.63 bits per heavy atom. The van der Waals surface area contributed by atoms with E-state index in [4.69, 9.17) is 19.2 Å². The number of aliphatic hydroxyl groups is 1. The Labute approximate surface area is 222 Å². The Bertz CT molecular complexity index is 1660. The molecule has 6 rings (SSSR count). The number of methoxy groups -OCH3 is 1. The minimum absolute atomic E-state index is 0.0351. The molecule has 0 radical (unpaired) electrons. The van der Waals surface area contributed by atoms with Crippen LogP contribution in [0.25, 0.3) is 16.0 Å². The average molecular weight is 529 g/mol. The summed E-state index contributed by atoms with van der Waals surface area (Å²) in [4.78, 5) is 33.3. The summed E-state index contributed by atoms with van der Waals surface area (Å²) in [7, 11) is 1.55. The van der Waals surface area contributed by atoms with Crippen molar-refractivity contribution in [2.24, 2.45) is 0 Å². The first-order valence-corrected chi connectivity index (χ1v) is 12.9. The molecule has 38 heavy (non-hydrogen) atoms. The summed E-state index contributed by atoms with van der Waals surface area (Å²) in [6.07, 6.45) is 0. The maximum atomic E-state index is 13.6. The Morgan fingerprint density at radius 2 is 1.84 bits per heavy atom. The number of ether oxygens (including phenoxy) is 3. The van der Waals surface area contributed by atoms with Gasteiger partial charge in [0.05, 0.1) is 28.9 Å². The first-order chi connectivity index (χ1) is 18.4. The zero-order chi connectivity index (χ0) is 26.6. The molecule has 1 fully saturated rings. The maximum Gasteiger partial charge on any atom is 0.301 e. The van der Waals surface area contributed by atoms with Gasteiger partial charge >= 0.3 is 5.91 Å². The van der Waals surface area contributed by atoms with Crippen LogP contribution in [0.1, 0.15) is 28.3 Å². The maximum absolute atomic E-state index is 13.6. The van der Waals surface area contributed by atoms with Gasteiger partial charge in [-0.3, -0.25) is 14.5 Å².